The zero-order valence-corrected chi connectivity index (χ0v) is 12.1. The second-order valence-corrected chi connectivity index (χ2v) is 6.34. The maximum absolute atomic E-state index is 6.20. The molecule has 1 saturated heterocycles. The first kappa shape index (κ1) is 13.1. The van der Waals surface area contributed by atoms with Crippen molar-refractivity contribution in [3.05, 3.63) is 35.4 Å². The number of likely N-dealkylation sites (tertiary alicyclic amines) is 1. The van der Waals surface area contributed by atoms with Gasteiger partial charge in [0.2, 0.25) is 0 Å². The number of hydrogen-bond acceptors (Lipinski definition) is 3. The molecule has 2 unspecified atom stereocenters. The predicted octanol–water partition coefficient (Wildman–Crippen LogP) is 1.81. The van der Waals surface area contributed by atoms with Crippen molar-refractivity contribution in [3.8, 4) is 0 Å². The van der Waals surface area contributed by atoms with Crippen molar-refractivity contribution >= 4 is 0 Å². The summed E-state index contributed by atoms with van der Waals surface area (Å²) in [5, 5.41) is 0. The molecule has 19 heavy (non-hydrogen) atoms. The van der Waals surface area contributed by atoms with Crippen LogP contribution in [-0.4, -0.2) is 41.5 Å². The Kier molecular flexibility index (Phi) is 3.37. The van der Waals surface area contributed by atoms with E-state index in [1.807, 2.05) is 0 Å². The molecule has 2 aliphatic heterocycles. The van der Waals surface area contributed by atoms with E-state index in [9.17, 15) is 0 Å². The Hall–Kier alpha value is -0.900. The molecular formula is C16H25N3. The van der Waals surface area contributed by atoms with Crippen LogP contribution in [-0.2, 0) is 13.1 Å². The summed E-state index contributed by atoms with van der Waals surface area (Å²) >= 11 is 0. The summed E-state index contributed by atoms with van der Waals surface area (Å²) in [5.74, 6) is 0. The third kappa shape index (κ3) is 2.20. The Bertz CT molecular complexity index is 434. The van der Waals surface area contributed by atoms with Crippen molar-refractivity contribution in [3.63, 3.8) is 0 Å². The van der Waals surface area contributed by atoms with Gasteiger partial charge in [0.15, 0.2) is 0 Å². The fraction of sp³-hybridized carbons (Fsp3) is 0.625. The van der Waals surface area contributed by atoms with E-state index in [4.69, 9.17) is 5.73 Å². The van der Waals surface area contributed by atoms with Gasteiger partial charge < -0.3 is 10.6 Å². The fourth-order valence-electron chi connectivity index (χ4n) is 3.68. The molecule has 2 heterocycles. The lowest BCUT2D eigenvalue weighted by atomic mass is 9.82. The lowest BCUT2D eigenvalue weighted by Crippen LogP contribution is -2.59. The van der Waals surface area contributed by atoms with E-state index in [2.05, 4.69) is 48.0 Å². The van der Waals surface area contributed by atoms with Gasteiger partial charge >= 0.3 is 0 Å². The Morgan fingerprint density at radius 1 is 1.26 bits per heavy atom. The molecule has 2 aliphatic rings. The average molecular weight is 259 g/mol. The first-order valence-corrected chi connectivity index (χ1v) is 7.37. The molecule has 1 aromatic rings. The fourth-order valence-corrected chi connectivity index (χ4v) is 3.68. The molecule has 0 amide bonds. The van der Waals surface area contributed by atoms with Gasteiger partial charge in [-0.25, -0.2) is 0 Å². The lowest BCUT2D eigenvalue weighted by molar-refractivity contribution is 0.00732. The molecule has 0 spiro atoms. The van der Waals surface area contributed by atoms with E-state index in [-0.39, 0.29) is 5.54 Å². The van der Waals surface area contributed by atoms with Gasteiger partial charge in [-0.05, 0) is 44.5 Å². The van der Waals surface area contributed by atoms with Crippen LogP contribution in [0.25, 0.3) is 0 Å². The second-order valence-electron chi connectivity index (χ2n) is 6.34. The minimum absolute atomic E-state index is 0.199. The second kappa shape index (κ2) is 4.89. The minimum atomic E-state index is 0.199. The Morgan fingerprint density at radius 2 is 1.89 bits per heavy atom. The molecule has 1 fully saturated rings. The van der Waals surface area contributed by atoms with E-state index in [0.29, 0.717) is 6.04 Å². The number of fused-ring (bicyclic) bond motifs is 1. The van der Waals surface area contributed by atoms with Gasteiger partial charge in [0, 0.05) is 31.2 Å². The van der Waals surface area contributed by atoms with Crippen molar-refractivity contribution in [2.24, 2.45) is 5.73 Å². The molecule has 2 atom stereocenters. The minimum Gasteiger partial charge on any atom is -0.329 e. The standard InChI is InChI=1S/C16H25N3/c1-13-9-16(12-17,7-8-18(13)2)19-10-14-5-3-4-6-15(14)11-19/h3-6,13H,7-12,17H2,1-2H3. The SMILES string of the molecule is CC1CC(CN)(N2Cc3ccccc3C2)CCN1C. The smallest absolute Gasteiger partial charge is 0.0365 e. The van der Waals surface area contributed by atoms with E-state index in [1.54, 1.807) is 0 Å². The summed E-state index contributed by atoms with van der Waals surface area (Å²) in [6.07, 6.45) is 2.38. The highest BCUT2D eigenvalue weighted by Gasteiger charge is 2.42. The Balaban J connectivity index is 1.81. The molecule has 0 saturated carbocycles. The highest BCUT2D eigenvalue weighted by molar-refractivity contribution is 5.31. The molecule has 1 aromatic carbocycles. The zero-order valence-electron chi connectivity index (χ0n) is 12.1. The number of piperidine rings is 1. The lowest BCUT2D eigenvalue weighted by Gasteiger charge is -2.49. The Labute approximate surface area is 116 Å². The van der Waals surface area contributed by atoms with E-state index in [0.717, 1.165) is 26.2 Å². The van der Waals surface area contributed by atoms with Crippen LogP contribution in [0.1, 0.15) is 30.9 Å². The first-order chi connectivity index (χ1) is 9.14. The molecule has 0 radical (unpaired) electrons. The quantitative estimate of drug-likeness (QED) is 0.879. The maximum atomic E-state index is 6.20. The summed E-state index contributed by atoms with van der Waals surface area (Å²) in [6.45, 7) is 6.41. The monoisotopic (exact) mass is 259 g/mol. The van der Waals surface area contributed by atoms with Crippen molar-refractivity contribution in [1.29, 1.82) is 0 Å². The average Bonchev–Trinajstić information content (AvgIpc) is 2.86. The van der Waals surface area contributed by atoms with Crippen LogP contribution >= 0.6 is 0 Å². The van der Waals surface area contributed by atoms with Crippen molar-refractivity contribution in [1.82, 2.24) is 9.80 Å². The molecule has 104 valence electrons. The van der Waals surface area contributed by atoms with Crippen LogP contribution in [0.15, 0.2) is 24.3 Å². The summed E-state index contributed by atoms with van der Waals surface area (Å²) < 4.78 is 0. The normalized spacial score (nSPS) is 32.5. The van der Waals surface area contributed by atoms with Gasteiger partial charge in [0.1, 0.15) is 0 Å². The summed E-state index contributed by atoms with van der Waals surface area (Å²) in [5.41, 5.74) is 9.38. The number of nitrogens with zero attached hydrogens (tertiary/aromatic N) is 2. The molecule has 0 bridgehead atoms. The van der Waals surface area contributed by atoms with Crippen LogP contribution in [0.4, 0.5) is 0 Å². The zero-order chi connectivity index (χ0) is 13.5. The highest BCUT2D eigenvalue weighted by atomic mass is 15.3. The maximum Gasteiger partial charge on any atom is 0.0365 e. The molecule has 3 nitrogen and oxygen atoms in total. The molecule has 2 N–H and O–H groups in total. The van der Waals surface area contributed by atoms with Gasteiger partial charge in [-0.1, -0.05) is 24.3 Å². The number of benzene rings is 1. The largest absolute Gasteiger partial charge is 0.329 e. The van der Waals surface area contributed by atoms with Gasteiger partial charge in [-0.2, -0.15) is 0 Å². The van der Waals surface area contributed by atoms with Crippen molar-refractivity contribution in [2.75, 3.05) is 20.1 Å². The molecule has 0 aromatic heterocycles. The van der Waals surface area contributed by atoms with Crippen molar-refractivity contribution < 1.29 is 0 Å². The van der Waals surface area contributed by atoms with E-state index >= 15 is 0 Å². The summed E-state index contributed by atoms with van der Waals surface area (Å²) in [4.78, 5) is 5.08. The topological polar surface area (TPSA) is 32.5 Å². The third-order valence-electron chi connectivity index (χ3n) is 5.25. The van der Waals surface area contributed by atoms with Crippen molar-refractivity contribution in [2.45, 2.75) is 44.4 Å². The summed E-state index contributed by atoms with van der Waals surface area (Å²) in [7, 11) is 2.23. The number of nitrogens with two attached hydrogens (primary N) is 1. The molecule has 3 rings (SSSR count). The first-order valence-electron chi connectivity index (χ1n) is 7.37. The van der Waals surface area contributed by atoms with Crippen LogP contribution in [0.2, 0.25) is 0 Å². The molecule has 3 heteroatoms. The van der Waals surface area contributed by atoms with E-state index < -0.39 is 0 Å². The van der Waals surface area contributed by atoms with Gasteiger partial charge in [0.05, 0.1) is 0 Å². The highest BCUT2D eigenvalue weighted by Crippen LogP contribution is 2.37. The van der Waals surface area contributed by atoms with Crippen LogP contribution in [0, 0.1) is 0 Å². The number of rotatable bonds is 2. The van der Waals surface area contributed by atoms with Gasteiger partial charge in [-0.15, -0.1) is 0 Å². The van der Waals surface area contributed by atoms with Crippen LogP contribution in [0.3, 0.4) is 0 Å². The van der Waals surface area contributed by atoms with Gasteiger partial charge in [-0.3, -0.25) is 4.90 Å². The van der Waals surface area contributed by atoms with E-state index in [1.165, 1.54) is 24.0 Å². The molecular weight excluding hydrogens is 234 g/mol. The molecule has 0 aliphatic carbocycles. The van der Waals surface area contributed by atoms with Gasteiger partial charge in [0.25, 0.3) is 0 Å². The van der Waals surface area contributed by atoms with Crippen LogP contribution in [0.5, 0.6) is 0 Å². The van der Waals surface area contributed by atoms with Crippen LogP contribution < -0.4 is 5.73 Å². The summed E-state index contributed by atoms with van der Waals surface area (Å²) in [6, 6.07) is 9.44. The Morgan fingerprint density at radius 3 is 2.42 bits per heavy atom. The predicted molar refractivity (Wildman–Crippen MR) is 78.8 cm³/mol. The third-order valence-corrected chi connectivity index (χ3v) is 5.25. The number of hydrogen-bond donors (Lipinski definition) is 1.